The Labute approximate surface area is 82.9 Å². The van der Waals surface area contributed by atoms with Crippen LogP contribution in [0, 0.1) is 0 Å². The van der Waals surface area contributed by atoms with Gasteiger partial charge in [-0.2, -0.15) is 0 Å². The molecular weight excluding hydrogens is 182 g/mol. The lowest BCUT2D eigenvalue weighted by Crippen LogP contribution is -2.13. The van der Waals surface area contributed by atoms with Gasteiger partial charge in [-0.05, 0) is 17.4 Å². The zero-order valence-electron chi connectivity index (χ0n) is 8.53. The lowest BCUT2D eigenvalue weighted by atomic mass is 10.4. The third-order valence-electron chi connectivity index (χ3n) is 1.50. The normalized spacial score (nSPS) is 10.1. The SMILES string of the molecule is C=C(C)COCCNc1nnnn1C. The van der Waals surface area contributed by atoms with E-state index >= 15 is 0 Å². The molecule has 0 aliphatic rings. The maximum Gasteiger partial charge on any atom is 0.242 e. The van der Waals surface area contributed by atoms with Crippen LogP contribution in [-0.2, 0) is 11.8 Å². The molecule has 1 aromatic heterocycles. The Bertz CT molecular complexity index is 296. The van der Waals surface area contributed by atoms with Gasteiger partial charge in [-0.25, -0.2) is 4.68 Å². The first-order valence-electron chi connectivity index (χ1n) is 4.38. The number of hydrogen-bond donors (Lipinski definition) is 1. The summed E-state index contributed by atoms with van der Waals surface area (Å²) in [5.74, 6) is 0.643. The zero-order chi connectivity index (χ0) is 10.4. The topological polar surface area (TPSA) is 64.9 Å². The van der Waals surface area contributed by atoms with E-state index < -0.39 is 0 Å². The molecule has 78 valence electrons. The molecule has 0 radical (unpaired) electrons. The summed E-state index contributed by atoms with van der Waals surface area (Å²) in [5, 5.41) is 14.0. The number of aromatic nitrogens is 4. The molecular formula is C8H15N5O. The lowest BCUT2D eigenvalue weighted by Gasteiger charge is -2.04. The van der Waals surface area contributed by atoms with Gasteiger partial charge >= 0.3 is 0 Å². The van der Waals surface area contributed by atoms with E-state index in [4.69, 9.17) is 4.74 Å². The molecule has 0 bridgehead atoms. The minimum absolute atomic E-state index is 0.596. The van der Waals surface area contributed by atoms with E-state index in [9.17, 15) is 0 Å². The van der Waals surface area contributed by atoms with Gasteiger partial charge in [-0.1, -0.05) is 17.3 Å². The van der Waals surface area contributed by atoms with E-state index in [0.29, 0.717) is 25.7 Å². The summed E-state index contributed by atoms with van der Waals surface area (Å²) in [6.45, 7) is 7.55. The molecule has 0 saturated heterocycles. The molecule has 6 heteroatoms. The number of rotatable bonds is 6. The highest BCUT2D eigenvalue weighted by Gasteiger charge is 1.98. The molecule has 1 aromatic rings. The van der Waals surface area contributed by atoms with E-state index in [2.05, 4.69) is 27.4 Å². The number of anilines is 1. The van der Waals surface area contributed by atoms with Crippen molar-refractivity contribution in [2.24, 2.45) is 7.05 Å². The second kappa shape index (κ2) is 5.33. The van der Waals surface area contributed by atoms with Gasteiger partial charge in [0.05, 0.1) is 13.2 Å². The van der Waals surface area contributed by atoms with Gasteiger partial charge in [0.25, 0.3) is 0 Å². The highest BCUT2D eigenvalue weighted by Crippen LogP contribution is 1.94. The highest BCUT2D eigenvalue weighted by atomic mass is 16.5. The summed E-state index contributed by atoms with van der Waals surface area (Å²) in [7, 11) is 1.77. The van der Waals surface area contributed by atoms with Crippen LogP contribution in [0.15, 0.2) is 12.2 Å². The first kappa shape index (κ1) is 10.6. The molecule has 0 aliphatic heterocycles. The van der Waals surface area contributed by atoms with Gasteiger partial charge in [0.1, 0.15) is 0 Å². The minimum Gasteiger partial charge on any atom is -0.375 e. The van der Waals surface area contributed by atoms with Gasteiger partial charge in [-0.15, -0.1) is 0 Å². The fourth-order valence-corrected chi connectivity index (χ4v) is 0.861. The predicted molar refractivity (Wildman–Crippen MR) is 52.9 cm³/mol. The molecule has 1 rings (SSSR count). The molecule has 0 aromatic carbocycles. The van der Waals surface area contributed by atoms with Gasteiger partial charge in [0.2, 0.25) is 5.95 Å². The van der Waals surface area contributed by atoms with E-state index in [1.54, 1.807) is 11.7 Å². The van der Waals surface area contributed by atoms with Crippen molar-refractivity contribution in [3.63, 3.8) is 0 Å². The number of tetrazole rings is 1. The number of nitrogens with one attached hydrogen (secondary N) is 1. The molecule has 1 N–H and O–H groups in total. The van der Waals surface area contributed by atoms with Crippen molar-refractivity contribution in [3.8, 4) is 0 Å². The average molecular weight is 197 g/mol. The second-order valence-electron chi connectivity index (χ2n) is 3.06. The Kier molecular flexibility index (Phi) is 4.06. The van der Waals surface area contributed by atoms with Crippen molar-refractivity contribution in [2.75, 3.05) is 25.1 Å². The zero-order valence-corrected chi connectivity index (χ0v) is 8.53. The van der Waals surface area contributed by atoms with E-state index in [1.165, 1.54) is 0 Å². The van der Waals surface area contributed by atoms with Crippen molar-refractivity contribution < 1.29 is 4.74 Å². The Balaban J connectivity index is 2.10. The first-order valence-corrected chi connectivity index (χ1v) is 4.38. The minimum atomic E-state index is 0.596. The van der Waals surface area contributed by atoms with E-state index in [-0.39, 0.29) is 0 Å². The van der Waals surface area contributed by atoms with Crippen LogP contribution in [0.3, 0.4) is 0 Å². The molecule has 0 saturated carbocycles. The monoisotopic (exact) mass is 197 g/mol. The van der Waals surface area contributed by atoms with Crippen molar-refractivity contribution in [1.82, 2.24) is 20.2 Å². The summed E-state index contributed by atoms with van der Waals surface area (Å²) in [4.78, 5) is 0. The Morgan fingerprint density at radius 3 is 3.00 bits per heavy atom. The lowest BCUT2D eigenvalue weighted by molar-refractivity contribution is 0.167. The number of aryl methyl sites for hydroxylation is 1. The Morgan fingerprint density at radius 1 is 1.64 bits per heavy atom. The standard InChI is InChI=1S/C8H15N5O/c1-7(2)6-14-5-4-9-8-10-11-12-13(8)3/h1,4-6H2,2-3H3,(H,9,10,12). The van der Waals surface area contributed by atoms with Gasteiger partial charge in [-0.3, -0.25) is 0 Å². The van der Waals surface area contributed by atoms with Crippen LogP contribution in [-0.4, -0.2) is 40.0 Å². The highest BCUT2D eigenvalue weighted by molar-refractivity contribution is 5.20. The van der Waals surface area contributed by atoms with Crippen LogP contribution in [0.4, 0.5) is 5.95 Å². The summed E-state index contributed by atoms with van der Waals surface area (Å²) in [6.07, 6.45) is 0. The van der Waals surface area contributed by atoms with Crippen LogP contribution >= 0.6 is 0 Å². The maximum absolute atomic E-state index is 5.29. The van der Waals surface area contributed by atoms with Gasteiger partial charge < -0.3 is 10.1 Å². The molecule has 0 aliphatic carbocycles. The molecule has 1 heterocycles. The first-order chi connectivity index (χ1) is 6.70. The Hall–Kier alpha value is -1.43. The van der Waals surface area contributed by atoms with Crippen LogP contribution in [0.25, 0.3) is 0 Å². The van der Waals surface area contributed by atoms with Crippen molar-refractivity contribution in [1.29, 1.82) is 0 Å². The van der Waals surface area contributed by atoms with Crippen LogP contribution in [0.5, 0.6) is 0 Å². The molecule has 0 fully saturated rings. The predicted octanol–water partition coefficient (Wildman–Crippen LogP) is 0.215. The summed E-state index contributed by atoms with van der Waals surface area (Å²) in [6, 6.07) is 0. The average Bonchev–Trinajstić information content (AvgIpc) is 2.51. The van der Waals surface area contributed by atoms with Crippen molar-refractivity contribution >= 4 is 5.95 Å². The van der Waals surface area contributed by atoms with Crippen LogP contribution < -0.4 is 5.32 Å². The summed E-state index contributed by atoms with van der Waals surface area (Å²) in [5.41, 5.74) is 1.02. The van der Waals surface area contributed by atoms with Crippen molar-refractivity contribution in [3.05, 3.63) is 12.2 Å². The largest absolute Gasteiger partial charge is 0.375 e. The van der Waals surface area contributed by atoms with Crippen molar-refractivity contribution in [2.45, 2.75) is 6.92 Å². The summed E-state index contributed by atoms with van der Waals surface area (Å²) >= 11 is 0. The van der Waals surface area contributed by atoms with Crippen LogP contribution in [0.1, 0.15) is 6.92 Å². The van der Waals surface area contributed by atoms with Gasteiger partial charge in [0, 0.05) is 13.6 Å². The third kappa shape index (κ3) is 3.53. The number of ether oxygens (including phenoxy) is 1. The smallest absolute Gasteiger partial charge is 0.242 e. The molecule has 0 spiro atoms. The Morgan fingerprint density at radius 2 is 2.43 bits per heavy atom. The maximum atomic E-state index is 5.29. The molecule has 0 unspecified atom stereocenters. The summed E-state index contributed by atoms with van der Waals surface area (Å²) < 4.78 is 6.86. The second-order valence-corrected chi connectivity index (χ2v) is 3.06. The molecule has 14 heavy (non-hydrogen) atoms. The fourth-order valence-electron chi connectivity index (χ4n) is 0.861. The third-order valence-corrected chi connectivity index (χ3v) is 1.50. The molecule has 6 nitrogen and oxygen atoms in total. The molecule has 0 amide bonds. The molecule has 0 atom stereocenters. The number of nitrogens with zero attached hydrogens (tertiary/aromatic N) is 4. The van der Waals surface area contributed by atoms with E-state index in [1.807, 2.05) is 6.92 Å². The van der Waals surface area contributed by atoms with Crippen LogP contribution in [0.2, 0.25) is 0 Å². The number of hydrogen-bond acceptors (Lipinski definition) is 5. The van der Waals surface area contributed by atoms with Gasteiger partial charge in [0.15, 0.2) is 0 Å². The van der Waals surface area contributed by atoms with E-state index in [0.717, 1.165) is 5.57 Å². The fraction of sp³-hybridized carbons (Fsp3) is 0.625. The quantitative estimate of drug-likeness (QED) is 0.522.